The fourth-order valence-electron chi connectivity index (χ4n) is 1.99. The SMILES string of the molecule is CCc1ccc(N(C)S(=O)(=O)c2ccc(OC)cc2)cc1. The summed E-state index contributed by atoms with van der Waals surface area (Å²) >= 11 is 0. The molecule has 0 aromatic heterocycles. The normalized spacial score (nSPS) is 11.2. The third-order valence-corrected chi connectivity index (χ3v) is 5.23. The third kappa shape index (κ3) is 3.19. The Morgan fingerprint density at radius 1 is 1.00 bits per heavy atom. The molecule has 0 fully saturated rings. The van der Waals surface area contributed by atoms with Crippen molar-refractivity contribution in [3.8, 4) is 5.75 Å². The van der Waals surface area contributed by atoms with E-state index in [9.17, 15) is 8.42 Å². The highest BCUT2D eigenvalue weighted by molar-refractivity contribution is 7.92. The van der Waals surface area contributed by atoms with Gasteiger partial charge in [0.1, 0.15) is 5.75 Å². The van der Waals surface area contributed by atoms with Crippen molar-refractivity contribution in [3.05, 3.63) is 54.1 Å². The number of nitrogens with zero attached hydrogens (tertiary/aromatic N) is 1. The Kier molecular flexibility index (Phi) is 4.53. The maximum Gasteiger partial charge on any atom is 0.264 e. The van der Waals surface area contributed by atoms with Crippen molar-refractivity contribution >= 4 is 15.7 Å². The van der Waals surface area contributed by atoms with Crippen molar-refractivity contribution in [3.63, 3.8) is 0 Å². The van der Waals surface area contributed by atoms with E-state index in [1.165, 1.54) is 9.87 Å². The van der Waals surface area contributed by atoms with Gasteiger partial charge >= 0.3 is 0 Å². The highest BCUT2D eigenvalue weighted by Crippen LogP contribution is 2.24. The summed E-state index contributed by atoms with van der Waals surface area (Å²) in [6, 6.07) is 13.9. The lowest BCUT2D eigenvalue weighted by Gasteiger charge is -2.20. The summed E-state index contributed by atoms with van der Waals surface area (Å²) in [5.74, 6) is 0.629. The van der Waals surface area contributed by atoms with Gasteiger partial charge in [0.15, 0.2) is 0 Å². The summed E-state index contributed by atoms with van der Waals surface area (Å²) in [5, 5.41) is 0. The highest BCUT2D eigenvalue weighted by Gasteiger charge is 2.21. The standard InChI is InChI=1S/C16H19NO3S/c1-4-13-5-7-14(8-6-13)17(2)21(18,19)16-11-9-15(20-3)10-12-16/h5-12H,4H2,1-3H3. The van der Waals surface area contributed by atoms with Crippen LogP contribution in [-0.4, -0.2) is 22.6 Å². The number of anilines is 1. The quantitative estimate of drug-likeness (QED) is 0.853. The molecule has 0 radical (unpaired) electrons. The van der Waals surface area contributed by atoms with Gasteiger partial charge < -0.3 is 4.74 Å². The minimum atomic E-state index is -3.56. The number of aryl methyl sites for hydroxylation is 1. The predicted molar refractivity (Wildman–Crippen MR) is 84.4 cm³/mol. The minimum absolute atomic E-state index is 0.241. The average molecular weight is 305 g/mol. The van der Waals surface area contributed by atoms with Crippen LogP contribution in [0.2, 0.25) is 0 Å². The Bertz CT molecular complexity index is 691. The summed E-state index contributed by atoms with van der Waals surface area (Å²) in [5.41, 5.74) is 1.82. The van der Waals surface area contributed by atoms with Crippen molar-refractivity contribution in [2.45, 2.75) is 18.2 Å². The van der Waals surface area contributed by atoms with Gasteiger partial charge in [0.2, 0.25) is 0 Å². The number of ether oxygens (including phenoxy) is 1. The second-order valence-corrected chi connectivity index (χ2v) is 6.64. The molecule has 0 unspecified atom stereocenters. The van der Waals surface area contributed by atoms with Crippen LogP contribution in [0.5, 0.6) is 5.75 Å². The molecule has 21 heavy (non-hydrogen) atoms. The molecule has 0 aliphatic rings. The summed E-state index contributed by atoms with van der Waals surface area (Å²) in [6.45, 7) is 2.06. The zero-order valence-electron chi connectivity index (χ0n) is 12.4. The monoisotopic (exact) mass is 305 g/mol. The van der Waals surface area contributed by atoms with Crippen LogP contribution in [0.15, 0.2) is 53.4 Å². The van der Waals surface area contributed by atoms with Crippen molar-refractivity contribution in [1.29, 1.82) is 0 Å². The maximum absolute atomic E-state index is 12.6. The number of benzene rings is 2. The van der Waals surface area contributed by atoms with Gasteiger partial charge in [-0.2, -0.15) is 0 Å². The summed E-state index contributed by atoms with van der Waals surface area (Å²) in [7, 11) is -0.456. The van der Waals surface area contributed by atoms with Crippen LogP contribution >= 0.6 is 0 Å². The molecular weight excluding hydrogens is 286 g/mol. The van der Waals surface area contributed by atoms with Crippen LogP contribution in [0.1, 0.15) is 12.5 Å². The lowest BCUT2D eigenvalue weighted by atomic mass is 10.1. The van der Waals surface area contributed by atoms with Crippen LogP contribution in [0.4, 0.5) is 5.69 Å². The van der Waals surface area contributed by atoms with E-state index in [0.29, 0.717) is 11.4 Å². The molecule has 112 valence electrons. The van der Waals surface area contributed by atoms with Crippen LogP contribution in [0.25, 0.3) is 0 Å². The van der Waals surface area contributed by atoms with E-state index in [1.54, 1.807) is 38.4 Å². The molecule has 5 heteroatoms. The molecule has 0 spiro atoms. The maximum atomic E-state index is 12.6. The molecule has 0 atom stereocenters. The zero-order valence-corrected chi connectivity index (χ0v) is 13.2. The first-order chi connectivity index (χ1) is 9.98. The molecule has 2 aromatic carbocycles. The predicted octanol–water partition coefficient (Wildman–Crippen LogP) is 3.08. The second kappa shape index (κ2) is 6.18. The number of hydrogen-bond acceptors (Lipinski definition) is 3. The van der Waals surface area contributed by atoms with Gasteiger partial charge in [0.25, 0.3) is 10.0 Å². The first-order valence-corrected chi connectivity index (χ1v) is 8.15. The molecule has 2 rings (SSSR count). The lowest BCUT2D eigenvalue weighted by Crippen LogP contribution is -2.26. The molecule has 0 heterocycles. The van der Waals surface area contributed by atoms with Crippen molar-refractivity contribution in [2.75, 3.05) is 18.5 Å². The van der Waals surface area contributed by atoms with E-state index in [-0.39, 0.29) is 4.90 Å². The smallest absolute Gasteiger partial charge is 0.264 e. The van der Waals surface area contributed by atoms with Crippen LogP contribution < -0.4 is 9.04 Å². The summed E-state index contributed by atoms with van der Waals surface area (Å²) in [6.07, 6.45) is 0.926. The number of sulfonamides is 1. The molecule has 0 aliphatic carbocycles. The second-order valence-electron chi connectivity index (χ2n) is 4.67. The first kappa shape index (κ1) is 15.4. The highest BCUT2D eigenvalue weighted by atomic mass is 32.2. The van der Waals surface area contributed by atoms with E-state index in [4.69, 9.17) is 4.74 Å². The Morgan fingerprint density at radius 2 is 1.57 bits per heavy atom. The number of hydrogen-bond donors (Lipinski definition) is 0. The topological polar surface area (TPSA) is 46.6 Å². The Balaban J connectivity index is 2.32. The molecule has 0 N–H and O–H groups in total. The van der Waals surface area contributed by atoms with Gasteiger partial charge in [0.05, 0.1) is 17.7 Å². The van der Waals surface area contributed by atoms with Crippen molar-refractivity contribution in [1.82, 2.24) is 0 Å². The van der Waals surface area contributed by atoms with Crippen LogP contribution in [0.3, 0.4) is 0 Å². The van der Waals surface area contributed by atoms with Gasteiger partial charge in [0, 0.05) is 7.05 Å². The van der Waals surface area contributed by atoms with Gasteiger partial charge in [-0.15, -0.1) is 0 Å². The first-order valence-electron chi connectivity index (χ1n) is 6.71. The van der Waals surface area contributed by atoms with E-state index in [1.807, 2.05) is 24.3 Å². The Hall–Kier alpha value is -2.01. The molecule has 0 aliphatic heterocycles. The van der Waals surface area contributed by atoms with E-state index in [0.717, 1.165) is 6.42 Å². The van der Waals surface area contributed by atoms with Crippen molar-refractivity contribution < 1.29 is 13.2 Å². The lowest BCUT2D eigenvalue weighted by molar-refractivity contribution is 0.414. The molecule has 0 saturated heterocycles. The molecule has 0 saturated carbocycles. The third-order valence-electron chi connectivity index (χ3n) is 3.43. The van der Waals surface area contributed by atoms with Gasteiger partial charge in [-0.1, -0.05) is 19.1 Å². The van der Waals surface area contributed by atoms with Gasteiger partial charge in [-0.3, -0.25) is 4.31 Å². The number of rotatable bonds is 5. The van der Waals surface area contributed by atoms with E-state index < -0.39 is 10.0 Å². The number of methoxy groups -OCH3 is 1. The summed E-state index contributed by atoms with van der Waals surface area (Å²) < 4.78 is 31.5. The molecule has 2 aromatic rings. The molecule has 0 amide bonds. The largest absolute Gasteiger partial charge is 0.497 e. The Morgan fingerprint density at radius 3 is 2.05 bits per heavy atom. The summed E-state index contributed by atoms with van der Waals surface area (Å²) in [4.78, 5) is 0.241. The molecule has 4 nitrogen and oxygen atoms in total. The fourth-order valence-corrected chi connectivity index (χ4v) is 3.18. The fraction of sp³-hybridized carbons (Fsp3) is 0.250. The van der Waals surface area contributed by atoms with E-state index in [2.05, 4.69) is 6.92 Å². The molecule has 0 bridgehead atoms. The molecular formula is C16H19NO3S. The minimum Gasteiger partial charge on any atom is -0.497 e. The van der Waals surface area contributed by atoms with Crippen molar-refractivity contribution in [2.24, 2.45) is 0 Å². The average Bonchev–Trinajstić information content (AvgIpc) is 2.54. The van der Waals surface area contributed by atoms with Crippen LogP contribution in [-0.2, 0) is 16.4 Å². The van der Waals surface area contributed by atoms with Gasteiger partial charge in [-0.25, -0.2) is 8.42 Å². The zero-order chi connectivity index (χ0) is 15.5. The van der Waals surface area contributed by atoms with E-state index >= 15 is 0 Å². The Labute approximate surface area is 126 Å². The van der Waals surface area contributed by atoms with Crippen LogP contribution in [0, 0.1) is 0 Å². The van der Waals surface area contributed by atoms with Gasteiger partial charge in [-0.05, 0) is 48.4 Å².